The zero-order chi connectivity index (χ0) is 22.1. The van der Waals surface area contributed by atoms with Crippen LogP contribution in [0.4, 0.5) is 18.9 Å². The fourth-order valence-corrected chi connectivity index (χ4v) is 2.52. The lowest BCUT2D eigenvalue weighted by atomic mass is 10.1. The second-order valence-electron chi connectivity index (χ2n) is 6.17. The predicted molar refractivity (Wildman–Crippen MR) is 111 cm³/mol. The van der Waals surface area contributed by atoms with Gasteiger partial charge >= 0.3 is 6.18 Å². The van der Waals surface area contributed by atoms with Gasteiger partial charge in [-0.05, 0) is 49.4 Å². The normalized spacial score (nSPS) is 10.6. The third-order valence-electron chi connectivity index (χ3n) is 3.96. The van der Waals surface area contributed by atoms with Crippen LogP contribution >= 0.6 is 11.6 Å². The van der Waals surface area contributed by atoms with Crippen molar-refractivity contribution in [3.05, 3.63) is 88.7 Å². The zero-order valence-corrected chi connectivity index (χ0v) is 17.1. The molecule has 1 heterocycles. The van der Waals surface area contributed by atoms with Crippen LogP contribution in [0.25, 0.3) is 0 Å². The van der Waals surface area contributed by atoms with E-state index in [2.05, 4.69) is 10.3 Å². The van der Waals surface area contributed by atoms with Crippen molar-refractivity contribution in [1.29, 1.82) is 0 Å². The van der Waals surface area contributed by atoms with E-state index < -0.39 is 11.7 Å². The molecule has 1 N–H and O–H groups in total. The second-order valence-corrected chi connectivity index (χ2v) is 6.58. The monoisotopic (exact) mass is 436 g/mol. The van der Waals surface area contributed by atoms with Crippen LogP contribution in [0.1, 0.15) is 28.4 Å². The summed E-state index contributed by atoms with van der Waals surface area (Å²) in [6.45, 7) is 1.66. The first-order valence-electron chi connectivity index (χ1n) is 8.88. The van der Waals surface area contributed by atoms with E-state index in [4.69, 9.17) is 16.3 Å². The number of aromatic nitrogens is 1. The molecule has 8 heteroatoms. The van der Waals surface area contributed by atoms with Crippen molar-refractivity contribution in [3.8, 4) is 5.75 Å². The molecule has 0 unspecified atom stereocenters. The molecule has 0 aliphatic rings. The number of ketones is 1. The molecule has 0 amide bonds. The fourth-order valence-electron chi connectivity index (χ4n) is 2.35. The molecule has 0 saturated heterocycles. The maximum Gasteiger partial charge on any atom is 0.416 e. The van der Waals surface area contributed by atoms with Gasteiger partial charge in [0.1, 0.15) is 12.4 Å². The highest BCUT2D eigenvalue weighted by Gasteiger charge is 2.30. The van der Waals surface area contributed by atoms with Crippen molar-refractivity contribution in [2.45, 2.75) is 19.7 Å². The van der Waals surface area contributed by atoms with Gasteiger partial charge in [0.25, 0.3) is 0 Å². The Morgan fingerprint density at radius 3 is 2.50 bits per heavy atom. The van der Waals surface area contributed by atoms with E-state index in [1.165, 1.54) is 19.1 Å². The Kier molecular flexibility index (Phi) is 8.24. The lowest BCUT2D eigenvalue weighted by Crippen LogP contribution is -2.06. The molecule has 0 saturated carbocycles. The summed E-state index contributed by atoms with van der Waals surface area (Å²) in [7, 11) is 1.87. The minimum atomic E-state index is -4.38. The fraction of sp³-hybridized carbons (Fsp3) is 0.182. The van der Waals surface area contributed by atoms with Gasteiger partial charge in [0.05, 0.1) is 11.8 Å². The van der Waals surface area contributed by atoms with Crippen molar-refractivity contribution in [2.24, 2.45) is 0 Å². The highest BCUT2D eigenvalue weighted by molar-refractivity contribution is 6.31. The maximum absolute atomic E-state index is 12.1. The molecule has 3 aromatic rings. The summed E-state index contributed by atoms with van der Waals surface area (Å²) in [4.78, 5) is 14.7. The maximum atomic E-state index is 12.1. The number of hydrogen-bond donors (Lipinski definition) is 1. The van der Waals surface area contributed by atoms with Crippen LogP contribution in [0.3, 0.4) is 0 Å². The third kappa shape index (κ3) is 7.08. The van der Waals surface area contributed by atoms with Crippen LogP contribution < -0.4 is 10.1 Å². The molecule has 4 nitrogen and oxygen atoms in total. The van der Waals surface area contributed by atoms with E-state index in [9.17, 15) is 18.0 Å². The molecule has 2 aromatic carbocycles. The molecule has 0 spiro atoms. The molecule has 0 radical (unpaired) electrons. The lowest BCUT2D eigenvalue weighted by Gasteiger charge is -2.09. The summed E-state index contributed by atoms with van der Waals surface area (Å²) >= 11 is 6.10. The minimum absolute atomic E-state index is 0.0785. The van der Waals surface area contributed by atoms with Crippen molar-refractivity contribution in [1.82, 2.24) is 4.98 Å². The molecule has 0 aliphatic carbocycles. The second kappa shape index (κ2) is 10.6. The van der Waals surface area contributed by atoms with Gasteiger partial charge in [0, 0.05) is 35.1 Å². The Morgan fingerprint density at radius 1 is 1.13 bits per heavy atom. The highest BCUT2D eigenvalue weighted by atomic mass is 35.5. The summed E-state index contributed by atoms with van der Waals surface area (Å²) in [5.41, 5.74) is 1.25. The van der Waals surface area contributed by atoms with Crippen LogP contribution in [0, 0.1) is 0 Å². The molecule has 30 heavy (non-hydrogen) atoms. The van der Waals surface area contributed by atoms with Gasteiger partial charge in [-0.15, -0.1) is 0 Å². The van der Waals surface area contributed by atoms with E-state index in [1.807, 2.05) is 37.4 Å². The SMILES string of the molecule is CC(=O)c1cccc(C(F)(F)F)c1.CNc1ccc(Cl)c(COc2cccnc2)c1. The number of carbonyl (C=O) groups is 1. The lowest BCUT2D eigenvalue weighted by molar-refractivity contribution is -0.137. The minimum Gasteiger partial charge on any atom is -0.487 e. The van der Waals surface area contributed by atoms with Crippen molar-refractivity contribution >= 4 is 23.1 Å². The first-order valence-corrected chi connectivity index (χ1v) is 9.25. The summed E-state index contributed by atoms with van der Waals surface area (Å²) in [5, 5.41) is 3.77. The number of Topliss-reactive ketones (excluding diaryl/α,β-unsaturated/α-hetero) is 1. The van der Waals surface area contributed by atoms with Gasteiger partial charge in [0.2, 0.25) is 0 Å². The summed E-state index contributed by atoms with van der Waals surface area (Å²) in [6.07, 6.45) is -0.997. The molecule has 0 fully saturated rings. The van der Waals surface area contributed by atoms with Crippen molar-refractivity contribution in [3.63, 3.8) is 0 Å². The number of nitrogens with one attached hydrogen (secondary N) is 1. The van der Waals surface area contributed by atoms with Crippen LogP contribution in [0.15, 0.2) is 67.0 Å². The van der Waals surface area contributed by atoms with E-state index in [0.717, 1.165) is 29.1 Å². The van der Waals surface area contributed by atoms with E-state index in [0.29, 0.717) is 11.6 Å². The molecular formula is C22H20ClF3N2O2. The number of ether oxygens (including phenoxy) is 1. The topological polar surface area (TPSA) is 51.2 Å². The predicted octanol–water partition coefficient (Wildman–Crippen LogP) is 6.26. The van der Waals surface area contributed by atoms with Gasteiger partial charge in [-0.25, -0.2) is 0 Å². The van der Waals surface area contributed by atoms with Crippen molar-refractivity contribution < 1.29 is 22.7 Å². The number of halogens is 4. The number of benzene rings is 2. The highest BCUT2D eigenvalue weighted by Crippen LogP contribution is 2.29. The molecule has 0 aliphatic heterocycles. The molecule has 158 valence electrons. The molecule has 1 aromatic heterocycles. The number of anilines is 1. The van der Waals surface area contributed by atoms with Gasteiger partial charge in [-0.2, -0.15) is 13.2 Å². The smallest absolute Gasteiger partial charge is 0.416 e. The largest absolute Gasteiger partial charge is 0.487 e. The first kappa shape index (κ1) is 23.2. The van der Waals surface area contributed by atoms with Crippen LogP contribution in [0.2, 0.25) is 5.02 Å². The first-order chi connectivity index (χ1) is 14.2. The number of hydrogen-bond acceptors (Lipinski definition) is 4. The van der Waals surface area contributed by atoms with Gasteiger partial charge < -0.3 is 10.1 Å². The summed E-state index contributed by atoms with van der Waals surface area (Å²) < 4.78 is 42.0. The number of carbonyl (C=O) groups excluding carboxylic acids is 1. The Hall–Kier alpha value is -3.06. The number of pyridine rings is 1. The molecule has 3 rings (SSSR count). The average Bonchev–Trinajstić information content (AvgIpc) is 2.74. The van der Waals surface area contributed by atoms with Crippen molar-refractivity contribution in [2.75, 3.05) is 12.4 Å². The standard InChI is InChI=1S/C13H13ClN2O.C9H7F3O/c1-15-11-4-5-13(14)10(7-11)9-17-12-3-2-6-16-8-12;1-6(13)7-3-2-4-8(5-7)9(10,11)12/h2-8,15H,9H2,1H3;2-5H,1H3. The molecule has 0 atom stereocenters. The van der Waals surface area contributed by atoms with E-state index in [1.54, 1.807) is 12.4 Å². The third-order valence-corrected chi connectivity index (χ3v) is 4.33. The van der Waals surface area contributed by atoms with Crippen LogP contribution in [0.5, 0.6) is 5.75 Å². The Labute approximate surface area is 177 Å². The Balaban J connectivity index is 0.000000222. The number of rotatable bonds is 5. The number of alkyl halides is 3. The van der Waals surface area contributed by atoms with Gasteiger partial charge in [-0.1, -0.05) is 23.7 Å². The Bertz CT molecular complexity index is 980. The quantitative estimate of drug-likeness (QED) is 0.479. The van der Waals surface area contributed by atoms with E-state index in [-0.39, 0.29) is 11.3 Å². The van der Waals surface area contributed by atoms with E-state index >= 15 is 0 Å². The Morgan fingerprint density at radius 2 is 1.90 bits per heavy atom. The summed E-state index contributed by atoms with van der Waals surface area (Å²) in [6, 6.07) is 13.8. The number of nitrogens with zero attached hydrogens (tertiary/aromatic N) is 1. The van der Waals surface area contributed by atoms with Crippen LogP contribution in [-0.2, 0) is 12.8 Å². The zero-order valence-electron chi connectivity index (χ0n) is 16.3. The average molecular weight is 437 g/mol. The summed E-state index contributed by atoms with van der Waals surface area (Å²) in [5.74, 6) is 0.365. The molecular weight excluding hydrogens is 417 g/mol. The van der Waals surface area contributed by atoms with Gasteiger partial charge in [0.15, 0.2) is 5.78 Å². The molecule has 0 bridgehead atoms. The van der Waals surface area contributed by atoms with Gasteiger partial charge in [-0.3, -0.25) is 9.78 Å². The van der Waals surface area contributed by atoms with Crippen LogP contribution in [-0.4, -0.2) is 17.8 Å².